The Kier molecular flexibility index (Phi) is 6.48. The molecule has 1 rings (SSSR count). The summed E-state index contributed by atoms with van der Waals surface area (Å²) in [6, 6.07) is 7.23. The summed E-state index contributed by atoms with van der Waals surface area (Å²) >= 11 is 0. The zero-order valence-corrected chi connectivity index (χ0v) is 11.9. The molecule has 21 heavy (non-hydrogen) atoms. The minimum Gasteiger partial charge on any atom is -0.398 e. The third-order valence-corrected chi connectivity index (χ3v) is 2.84. The molecule has 0 fully saturated rings. The van der Waals surface area contributed by atoms with Crippen LogP contribution in [-0.4, -0.2) is 36.6 Å². The number of halogens is 3. The van der Waals surface area contributed by atoms with E-state index in [1.54, 1.807) is 17.0 Å². The van der Waals surface area contributed by atoms with Gasteiger partial charge in [0.1, 0.15) is 6.54 Å². The van der Waals surface area contributed by atoms with Crippen LogP contribution >= 0.6 is 0 Å². The summed E-state index contributed by atoms with van der Waals surface area (Å²) in [5.41, 5.74) is 7.30. The van der Waals surface area contributed by atoms with E-state index in [1.807, 2.05) is 24.4 Å². The SMILES string of the molecule is CCCN(CC(=O)NCC(F)(F)F)Cc1ccccc1N. The van der Waals surface area contributed by atoms with Gasteiger partial charge in [-0.15, -0.1) is 0 Å². The maximum absolute atomic E-state index is 12.1. The topological polar surface area (TPSA) is 58.4 Å². The van der Waals surface area contributed by atoms with Crippen LogP contribution in [0.15, 0.2) is 24.3 Å². The molecule has 0 unspecified atom stereocenters. The molecule has 0 heterocycles. The Morgan fingerprint density at radius 1 is 1.33 bits per heavy atom. The molecule has 7 heteroatoms. The number of rotatable bonds is 7. The molecule has 0 aliphatic carbocycles. The van der Waals surface area contributed by atoms with Crippen molar-refractivity contribution in [2.75, 3.05) is 25.4 Å². The first-order valence-electron chi connectivity index (χ1n) is 6.71. The van der Waals surface area contributed by atoms with Crippen LogP contribution in [-0.2, 0) is 11.3 Å². The molecule has 0 aliphatic heterocycles. The number of para-hydroxylation sites is 1. The number of alkyl halides is 3. The molecule has 1 aromatic rings. The molecule has 118 valence electrons. The van der Waals surface area contributed by atoms with Crippen molar-refractivity contribution in [3.63, 3.8) is 0 Å². The van der Waals surface area contributed by atoms with Crippen molar-refractivity contribution >= 4 is 11.6 Å². The van der Waals surface area contributed by atoms with Crippen molar-refractivity contribution in [3.05, 3.63) is 29.8 Å². The summed E-state index contributed by atoms with van der Waals surface area (Å²) in [6.45, 7) is 1.58. The fraction of sp³-hybridized carbons (Fsp3) is 0.500. The lowest BCUT2D eigenvalue weighted by Gasteiger charge is -2.22. The van der Waals surface area contributed by atoms with Crippen LogP contribution in [0.5, 0.6) is 0 Å². The van der Waals surface area contributed by atoms with E-state index in [1.165, 1.54) is 0 Å². The number of benzene rings is 1. The molecule has 4 nitrogen and oxygen atoms in total. The minimum absolute atomic E-state index is 0.0851. The van der Waals surface area contributed by atoms with E-state index in [9.17, 15) is 18.0 Å². The predicted molar refractivity (Wildman–Crippen MR) is 75.5 cm³/mol. The van der Waals surface area contributed by atoms with Crippen molar-refractivity contribution in [1.29, 1.82) is 0 Å². The lowest BCUT2D eigenvalue weighted by Crippen LogP contribution is -2.41. The first kappa shape index (κ1) is 17.3. The van der Waals surface area contributed by atoms with Gasteiger partial charge in [-0.05, 0) is 24.6 Å². The van der Waals surface area contributed by atoms with Gasteiger partial charge in [0.2, 0.25) is 5.91 Å². The second-order valence-electron chi connectivity index (χ2n) is 4.80. The summed E-state index contributed by atoms with van der Waals surface area (Å²) in [4.78, 5) is 13.3. The van der Waals surface area contributed by atoms with Crippen LogP contribution in [0.25, 0.3) is 0 Å². The molecule has 0 aliphatic rings. The van der Waals surface area contributed by atoms with Gasteiger partial charge in [-0.2, -0.15) is 13.2 Å². The van der Waals surface area contributed by atoms with Crippen LogP contribution in [0.1, 0.15) is 18.9 Å². The number of hydrogen-bond acceptors (Lipinski definition) is 3. The van der Waals surface area contributed by atoms with Gasteiger partial charge < -0.3 is 11.1 Å². The zero-order valence-electron chi connectivity index (χ0n) is 11.9. The van der Waals surface area contributed by atoms with Gasteiger partial charge in [0.05, 0.1) is 6.54 Å². The maximum atomic E-state index is 12.1. The zero-order chi connectivity index (χ0) is 15.9. The molecule has 0 aromatic heterocycles. The fourth-order valence-corrected chi connectivity index (χ4v) is 1.91. The van der Waals surface area contributed by atoms with E-state index in [4.69, 9.17) is 5.73 Å². The highest BCUT2D eigenvalue weighted by atomic mass is 19.4. The Morgan fingerprint density at radius 3 is 2.57 bits per heavy atom. The lowest BCUT2D eigenvalue weighted by atomic mass is 10.1. The van der Waals surface area contributed by atoms with Gasteiger partial charge >= 0.3 is 6.18 Å². The summed E-state index contributed by atoms with van der Waals surface area (Å²) in [7, 11) is 0. The number of hydrogen-bond donors (Lipinski definition) is 2. The van der Waals surface area contributed by atoms with Gasteiger partial charge in [0.25, 0.3) is 0 Å². The normalized spacial score (nSPS) is 11.7. The van der Waals surface area contributed by atoms with Gasteiger partial charge in [-0.25, -0.2) is 0 Å². The second kappa shape index (κ2) is 7.87. The molecule has 0 saturated carbocycles. The van der Waals surface area contributed by atoms with E-state index >= 15 is 0 Å². The predicted octanol–water partition coefficient (Wildman–Crippen LogP) is 2.16. The first-order valence-corrected chi connectivity index (χ1v) is 6.71. The lowest BCUT2D eigenvalue weighted by molar-refractivity contribution is -0.139. The highest BCUT2D eigenvalue weighted by molar-refractivity contribution is 5.78. The average molecular weight is 303 g/mol. The van der Waals surface area contributed by atoms with E-state index in [2.05, 4.69) is 0 Å². The summed E-state index contributed by atoms with van der Waals surface area (Å²) in [6.07, 6.45) is -3.60. The first-order chi connectivity index (χ1) is 9.81. The molecular formula is C14H20F3N3O. The molecule has 0 radical (unpaired) electrons. The average Bonchev–Trinajstić information content (AvgIpc) is 2.38. The summed E-state index contributed by atoms with van der Waals surface area (Å²) in [5, 5.41) is 1.88. The van der Waals surface area contributed by atoms with Gasteiger partial charge in [0, 0.05) is 12.2 Å². The largest absolute Gasteiger partial charge is 0.405 e. The van der Waals surface area contributed by atoms with Crippen molar-refractivity contribution < 1.29 is 18.0 Å². The van der Waals surface area contributed by atoms with Crippen molar-refractivity contribution in [3.8, 4) is 0 Å². The summed E-state index contributed by atoms with van der Waals surface area (Å²) < 4.78 is 36.2. The molecular weight excluding hydrogens is 283 g/mol. The van der Waals surface area contributed by atoms with E-state index < -0.39 is 18.6 Å². The van der Waals surface area contributed by atoms with Gasteiger partial charge in [-0.3, -0.25) is 9.69 Å². The van der Waals surface area contributed by atoms with Gasteiger partial charge in [0.15, 0.2) is 0 Å². The highest BCUT2D eigenvalue weighted by Crippen LogP contribution is 2.14. The van der Waals surface area contributed by atoms with Crippen LogP contribution in [0.3, 0.4) is 0 Å². The number of nitrogen functional groups attached to an aromatic ring is 1. The molecule has 0 bridgehead atoms. The van der Waals surface area contributed by atoms with Crippen LogP contribution in [0, 0.1) is 0 Å². The van der Waals surface area contributed by atoms with Crippen LogP contribution in [0.4, 0.5) is 18.9 Å². The number of nitrogens with two attached hydrogens (primary N) is 1. The minimum atomic E-state index is -4.39. The standard InChI is InChI=1S/C14H20F3N3O/c1-2-7-20(8-11-5-3-4-6-12(11)18)9-13(21)19-10-14(15,16)17/h3-6H,2,7-10,18H2,1H3,(H,19,21). The smallest absolute Gasteiger partial charge is 0.398 e. The number of anilines is 1. The monoisotopic (exact) mass is 303 g/mol. The summed E-state index contributed by atoms with van der Waals surface area (Å²) in [5.74, 6) is -0.643. The third-order valence-electron chi connectivity index (χ3n) is 2.84. The van der Waals surface area contributed by atoms with E-state index in [0.717, 1.165) is 12.0 Å². The number of carbonyl (C=O) groups excluding carboxylic acids is 1. The van der Waals surface area contributed by atoms with Crippen LogP contribution < -0.4 is 11.1 Å². The second-order valence-corrected chi connectivity index (χ2v) is 4.80. The Bertz CT molecular complexity index is 463. The Labute approximate surface area is 122 Å². The quantitative estimate of drug-likeness (QED) is 0.759. The Morgan fingerprint density at radius 2 is 2.00 bits per heavy atom. The number of amides is 1. The fourth-order valence-electron chi connectivity index (χ4n) is 1.91. The Hall–Kier alpha value is -1.76. The van der Waals surface area contributed by atoms with Crippen molar-refractivity contribution in [1.82, 2.24) is 10.2 Å². The van der Waals surface area contributed by atoms with E-state index in [0.29, 0.717) is 18.8 Å². The molecule has 1 aromatic carbocycles. The van der Waals surface area contributed by atoms with Crippen molar-refractivity contribution in [2.24, 2.45) is 0 Å². The van der Waals surface area contributed by atoms with Gasteiger partial charge in [-0.1, -0.05) is 25.1 Å². The number of carbonyl (C=O) groups is 1. The molecule has 0 atom stereocenters. The maximum Gasteiger partial charge on any atom is 0.405 e. The third kappa shape index (κ3) is 6.99. The molecule has 3 N–H and O–H groups in total. The molecule has 1 amide bonds. The van der Waals surface area contributed by atoms with Crippen molar-refractivity contribution in [2.45, 2.75) is 26.1 Å². The van der Waals surface area contributed by atoms with Crippen LogP contribution in [0.2, 0.25) is 0 Å². The highest BCUT2D eigenvalue weighted by Gasteiger charge is 2.27. The number of nitrogens with zero attached hydrogens (tertiary/aromatic N) is 1. The Balaban J connectivity index is 2.57. The van der Waals surface area contributed by atoms with E-state index in [-0.39, 0.29) is 6.54 Å². The molecule has 0 saturated heterocycles. The number of nitrogens with one attached hydrogen (secondary N) is 1. The molecule has 0 spiro atoms.